The first-order valence-corrected chi connectivity index (χ1v) is 7.84. The molecule has 0 atom stereocenters. The molecule has 0 radical (unpaired) electrons. The predicted molar refractivity (Wildman–Crippen MR) is 92.0 cm³/mol. The normalized spacial score (nSPS) is 12.4. The lowest BCUT2D eigenvalue weighted by Crippen LogP contribution is -2.42. The summed E-state index contributed by atoms with van der Waals surface area (Å²) in [6.07, 6.45) is 0. The molecule has 0 saturated heterocycles. The lowest BCUT2D eigenvalue weighted by atomic mass is 9.93. The second-order valence-corrected chi connectivity index (χ2v) is 7.39. The molecule has 0 spiro atoms. The molecular weight excluding hydrogens is 310 g/mol. The van der Waals surface area contributed by atoms with Crippen molar-refractivity contribution in [3.8, 4) is 0 Å². The Morgan fingerprint density at radius 1 is 1.21 bits per heavy atom. The summed E-state index contributed by atoms with van der Waals surface area (Å²) < 4.78 is 5.72. The molecule has 1 aromatic heterocycles. The number of carbonyl (C=O) groups excluding carboxylic acids is 1. The van der Waals surface area contributed by atoms with Gasteiger partial charge in [-0.05, 0) is 18.2 Å². The first kappa shape index (κ1) is 18.2. The molecule has 1 aromatic carbocycles. The molecule has 132 valence electrons. The van der Waals surface area contributed by atoms with E-state index in [-0.39, 0.29) is 25.2 Å². The second-order valence-electron chi connectivity index (χ2n) is 7.39. The van der Waals surface area contributed by atoms with Gasteiger partial charge in [0.2, 0.25) is 5.89 Å². The van der Waals surface area contributed by atoms with Crippen molar-refractivity contribution in [3.63, 3.8) is 0 Å². The fourth-order valence-electron chi connectivity index (χ4n) is 1.96. The summed E-state index contributed by atoms with van der Waals surface area (Å²) in [5.74, 6) is 0.640. The molecule has 2 rings (SSSR count). The molecule has 2 amide bonds. The van der Waals surface area contributed by atoms with E-state index in [1.54, 1.807) is 25.1 Å². The SMILES string of the molecule is CC(CO)(CO)CNC(=O)Nc1ccc2oc(C(C)(C)C)nc2c1. The van der Waals surface area contributed by atoms with Gasteiger partial charge in [0, 0.05) is 23.1 Å². The van der Waals surface area contributed by atoms with Crippen molar-refractivity contribution in [2.24, 2.45) is 5.41 Å². The van der Waals surface area contributed by atoms with Gasteiger partial charge in [0.05, 0.1) is 13.2 Å². The highest BCUT2D eigenvalue weighted by atomic mass is 16.3. The number of hydrogen-bond acceptors (Lipinski definition) is 5. The molecule has 2 aromatic rings. The molecule has 0 saturated carbocycles. The van der Waals surface area contributed by atoms with Crippen molar-refractivity contribution in [1.82, 2.24) is 10.3 Å². The van der Waals surface area contributed by atoms with E-state index in [9.17, 15) is 15.0 Å². The number of rotatable bonds is 5. The summed E-state index contributed by atoms with van der Waals surface area (Å²) in [5.41, 5.74) is 0.980. The number of hydrogen-bond donors (Lipinski definition) is 4. The van der Waals surface area contributed by atoms with Gasteiger partial charge >= 0.3 is 6.03 Å². The molecule has 7 heteroatoms. The van der Waals surface area contributed by atoms with Crippen LogP contribution in [0.3, 0.4) is 0 Å². The van der Waals surface area contributed by atoms with Gasteiger partial charge in [-0.2, -0.15) is 0 Å². The van der Waals surface area contributed by atoms with Crippen LogP contribution < -0.4 is 10.6 Å². The first-order valence-electron chi connectivity index (χ1n) is 7.84. The van der Waals surface area contributed by atoms with E-state index in [1.807, 2.05) is 20.8 Å². The van der Waals surface area contributed by atoms with Crippen LogP contribution in [0.15, 0.2) is 22.6 Å². The Hall–Kier alpha value is -2.12. The number of fused-ring (bicyclic) bond motifs is 1. The van der Waals surface area contributed by atoms with E-state index in [0.717, 1.165) is 0 Å². The van der Waals surface area contributed by atoms with Gasteiger partial charge < -0.3 is 25.3 Å². The molecule has 0 bridgehead atoms. The Balaban J connectivity index is 2.06. The minimum absolute atomic E-state index is 0.159. The molecular formula is C17H25N3O4. The van der Waals surface area contributed by atoms with Crippen molar-refractivity contribution >= 4 is 22.8 Å². The van der Waals surface area contributed by atoms with E-state index >= 15 is 0 Å². The molecule has 0 aliphatic carbocycles. The minimum atomic E-state index is -0.755. The van der Waals surface area contributed by atoms with Gasteiger partial charge in [-0.1, -0.05) is 27.7 Å². The molecule has 7 nitrogen and oxygen atoms in total. The van der Waals surface area contributed by atoms with Gasteiger partial charge in [0.15, 0.2) is 5.58 Å². The number of nitrogens with zero attached hydrogens (tertiary/aromatic N) is 1. The number of anilines is 1. The fourth-order valence-corrected chi connectivity index (χ4v) is 1.96. The maximum Gasteiger partial charge on any atom is 0.319 e. The molecule has 0 aliphatic heterocycles. The quantitative estimate of drug-likeness (QED) is 0.670. The van der Waals surface area contributed by atoms with Gasteiger partial charge in [-0.25, -0.2) is 9.78 Å². The number of carbonyl (C=O) groups is 1. The summed E-state index contributed by atoms with van der Waals surface area (Å²) >= 11 is 0. The zero-order valence-electron chi connectivity index (χ0n) is 14.5. The highest BCUT2D eigenvalue weighted by Gasteiger charge is 2.23. The smallest absolute Gasteiger partial charge is 0.319 e. The number of oxazole rings is 1. The standard InChI is InChI=1S/C17H25N3O4/c1-16(2,3)14-20-12-7-11(5-6-13(12)24-14)19-15(23)18-8-17(4,9-21)10-22/h5-7,21-22H,8-10H2,1-4H3,(H2,18,19,23). The minimum Gasteiger partial charge on any atom is -0.440 e. The lowest BCUT2D eigenvalue weighted by molar-refractivity contribution is 0.0721. The second kappa shape index (κ2) is 6.78. The summed E-state index contributed by atoms with van der Waals surface area (Å²) in [4.78, 5) is 16.4. The molecule has 24 heavy (non-hydrogen) atoms. The average molecular weight is 335 g/mol. The summed E-state index contributed by atoms with van der Waals surface area (Å²) in [6, 6.07) is 4.82. The van der Waals surface area contributed by atoms with Crippen molar-refractivity contribution in [2.45, 2.75) is 33.1 Å². The first-order chi connectivity index (χ1) is 11.2. The third kappa shape index (κ3) is 4.24. The monoisotopic (exact) mass is 335 g/mol. The number of amides is 2. The van der Waals surface area contributed by atoms with Crippen molar-refractivity contribution in [2.75, 3.05) is 25.1 Å². The Kier molecular flexibility index (Phi) is 5.15. The Bertz CT molecular complexity index is 714. The van der Waals surface area contributed by atoms with Crippen molar-refractivity contribution < 1.29 is 19.4 Å². The number of nitrogens with one attached hydrogen (secondary N) is 2. The Morgan fingerprint density at radius 3 is 2.46 bits per heavy atom. The van der Waals surface area contributed by atoms with Crippen LogP contribution in [0.1, 0.15) is 33.6 Å². The highest BCUT2D eigenvalue weighted by molar-refractivity contribution is 5.91. The lowest BCUT2D eigenvalue weighted by Gasteiger charge is -2.24. The molecule has 1 heterocycles. The van der Waals surface area contributed by atoms with Gasteiger partial charge in [-0.15, -0.1) is 0 Å². The van der Waals surface area contributed by atoms with Crippen LogP contribution in [0.25, 0.3) is 11.1 Å². The van der Waals surface area contributed by atoms with Crippen LogP contribution >= 0.6 is 0 Å². The van der Waals surface area contributed by atoms with Crippen LogP contribution in [0.2, 0.25) is 0 Å². The largest absolute Gasteiger partial charge is 0.440 e. The fraction of sp³-hybridized carbons (Fsp3) is 0.529. The third-order valence-corrected chi connectivity index (χ3v) is 3.73. The van der Waals surface area contributed by atoms with E-state index in [0.29, 0.717) is 22.7 Å². The van der Waals surface area contributed by atoms with Crippen LogP contribution in [-0.2, 0) is 5.41 Å². The number of benzene rings is 1. The number of urea groups is 1. The Morgan fingerprint density at radius 2 is 1.88 bits per heavy atom. The van der Waals surface area contributed by atoms with Gasteiger partial charge in [0.1, 0.15) is 5.52 Å². The highest BCUT2D eigenvalue weighted by Crippen LogP contribution is 2.27. The van der Waals surface area contributed by atoms with Gasteiger partial charge in [0.25, 0.3) is 0 Å². The summed E-state index contributed by atoms with van der Waals surface area (Å²) in [7, 11) is 0. The van der Waals surface area contributed by atoms with Crippen molar-refractivity contribution in [3.05, 3.63) is 24.1 Å². The number of aromatic nitrogens is 1. The zero-order valence-corrected chi connectivity index (χ0v) is 14.5. The molecule has 0 aliphatic rings. The van der Waals surface area contributed by atoms with Crippen LogP contribution in [0.5, 0.6) is 0 Å². The zero-order chi connectivity index (χ0) is 18.0. The Labute approximate surface area is 141 Å². The van der Waals surface area contributed by atoms with Crippen LogP contribution in [0, 0.1) is 5.41 Å². The number of aliphatic hydroxyl groups excluding tert-OH is 2. The van der Waals surface area contributed by atoms with Gasteiger partial charge in [-0.3, -0.25) is 0 Å². The number of aliphatic hydroxyl groups is 2. The van der Waals surface area contributed by atoms with E-state index < -0.39 is 11.4 Å². The summed E-state index contributed by atoms with van der Waals surface area (Å²) in [5, 5.41) is 23.8. The van der Waals surface area contributed by atoms with E-state index in [2.05, 4.69) is 15.6 Å². The third-order valence-electron chi connectivity index (χ3n) is 3.73. The maximum absolute atomic E-state index is 12.0. The maximum atomic E-state index is 12.0. The molecule has 4 N–H and O–H groups in total. The topological polar surface area (TPSA) is 108 Å². The van der Waals surface area contributed by atoms with Crippen molar-refractivity contribution in [1.29, 1.82) is 0 Å². The van der Waals surface area contributed by atoms with E-state index in [1.165, 1.54) is 0 Å². The van der Waals surface area contributed by atoms with Crippen LogP contribution in [0.4, 0.5) is 10.5 Å². The predicted octanol–water partition coefficient (Wildman–Crippen LogP) is 2.24. The average Bonchev–Trinajstić information content (AvgIpc) is 2.96. The van der Waals surface area contributed by atoms with E-state index in [4.69, 9.17) is 4.42 Å². The van der Waals surface area contributed by atoms with Crippen LogP contribution in [-0.4, -0.2) is 41.0 Å². The molecule has 0 unspecified atom stereocenters. The summed E-state index contributed by atoms with van der Waals surface area (Å²) in [6.45, 7) is 7.46. The molecule has 0 fully saturated rings.